The van der Waals surface area contributed by atoms with E-state index in [0.29, 0.717) is 5.69 Å². The number of benzene rings is 1. The lowest BCUT2D eigenvalue weighted by Gasteiger charge is -2.19. The van der Waals surface area contributed by atoms with Gasteiger partial charge < -0.3 is 16.0 Å². The van der Waals surface area contributed by atoms with Crippen LogP contribution in [0.15, 0.2) is 24.3 Å². The highest BCUT2D eigenvalue weighted by molar-refractivity contribution is 5.96. The summed E-state index contributed by atoms with van der Waals surface area (Å²) in [6.07, 6.45) is 0. The monoisotopic (exact) mass is 317 g/mol. The highest BCUT2D eigenvalue weighted by Gasteiger charge is 2.19. The summed E-state index contributed by atoms with van der Waals surface area (Å²) in [7, 11) is 1.56. The van der Waals surface area contributed by atoms with Gasteiger partial charge in [0.05, 0.1) is 12.6 Å². The highest BCUT2D eigenvalue weighted by Crippen LogP contribution is 2.12. The van der Waals surface area contributed by atoms with Gasteiger partial charge in [0, 0.05) is 12.7 Å². The van der Waals surface area contributed by atoms with Crippen LogP contribution >= 0.6 is 12.4 Å². The van der Waals surface area contributed by atoms with Crippen molar-refractivity contribution in [3.63, 3.8) is 0 Å². The van der Waals surface area contributed by atoms with E-state index < -0.39 is 6.04 Å². The normalized spacial score (nSPS) is 11.5. The van der Waals surface area contributed by atoms with Crippen molar-refractivity contribution in [1.82, 2.24) is 5.32 Å². The zero-order chi connectivity index (χ0) is 15.3. The van der Waals surface area contributed by atoms with E-state index in [1.165, 1.54) is 29.2 Å². The van der Waals surface area contributed by atoms with Crippen molar-refractivity contribution < 1.29 is 14.0 Å². The van der Waals surface area contributed by atoms with Gasteiger partial charge in [0.2, 0.25) is 11.8 Å². The van der Waals surface area contributed by atoms with Crippen LogP contribution in [0.5, 0.6) is 0 Å². The predicted octanol–water partition coefficient (Wildman–Crippen LogP) is 1.31. The van der Waals surface area contributed by atoms with Gasteiger partial charge in [-0.05, 0) is 30.2 Å². The quantitative estimate of drug-likeness (QED) is 0.859. The van der Waals surface area contributed by atoms with Crippen LogP contribution in [0.25, 0.3) is 0 Å². The molecule has 0 bridgehead atoms. The number of hydrogen-bond acceptors (Lipinski definition) is 3. The first-order valence-electron chi connectivity index (χ1n) is 6.38. The molecule has 1 rings (SSSR count). The summed E-state index contributed by atoms with van der Waals surface area (Å²) in [5, 5.41) is 2.50. The molecular formula is C14H21ClFN3O2. The molecule has 0 spiro atoms. The van der Waals surface area contributed by atoms with Gasteiger partial charge in [0.15, 0.2) is 0 Å². The molecule has 0 saturated carbocycles. The molecule has 0 radical (unpaired) electrons. The van der Waals surface area contributed by atoms with Crippen LogP contribution in [0.1, 0.15) is 13.8 Å². The van der Waals surface area contributed by atoms with Crippen LogP contribution in [-0.2, 0) is 9.59 Å². The van der Waals surface area contributed by atoms with Crippen molar-refractivity contribution in [1.29, 1.82) is 0 Å². The van der Waals surface area contributed by atoms with Gasteiger partial charge in [0.25, 0.3) is 0 Å². The van der Waals surface area contributed by atoms with Gasteiger partial charge in [-0.25, -0.2) is 4.39 Å². The molecule has 3 N–H and O–H groups in total. The summed E-state index contributed by atoms with van der Waals surface area (Å²) < 4.78 is 12.8. The number of amides is 2. The molecule has 0 aliphatic rings. The molecule has 1 aromatic rings. The largest absolute Gasteiger partial charge is 0.346 e. The first-order valence-corrected chi connectivity index (χ1v) is 6.38. The number of hydrogen-bond donors (Lipinski definition) is 2. The summed E-state index contributed by atoms with van der Waals surface area (Å²) >= 11 is 0. The Bertz CT molecular complexity index is 480. The van der Waals surface area contributed by atoms with Gasteiger partial charge in [-0.2, -0.15) is 0 Å². The molecule has 21 heavy (non-hydrogen) atoms. The van der Waals surface area contributed by atoms with Crippen molar-refractivity contribution >= 4 is 29.9 Å². The molecule has 1 atom stereocenters. The van der Waals surface area contributed by atoms with Gasteiger partial charge in [-0.3, -0.25) is 9.59 Å². The third kappa shape index (κ3) is 5.69. The number of halogens is 2. The maximum Gasteiger partial charge on any atom is 0.246 e. The third-order valence-electron chi connectivity index (χ3n) is 3.02. The van der Waals surface area contributed by atoms with Crippen molar-refractivity contribution in [3.05, 3.63) is 30.1 Å². The van der Waals surface area contributed by atoms with Crippen molar-refractivity contribution in [2.45, 2.75) is 19.9 Å². The van der Waals surface area contributed by atoms with Gasteiger partial charge in [-0.15, -0.1) is 12.4 Å². The minimum absolute atomic E-state index is 0. The van der Waals surface area contributed by atoms with Crippen LogP contribution in [0.4, 0.5) is 10.1 Å². The minimum Gasteiger partial charge on any atom is -0.346 e. The molecule has 0 saturated heterocycles. The fourth-order valence-electron chi connectivity index (χ4n) is 1.51. The van der Waals surface area contributed by atoms with Gasteiger partial charge in [0.1, 0.15) is 5.82 Å². The molecule has 7 heteroatoms. The van der Waals surface area contributed by atoms with E-state index in [1.807, 2.05) is 13.8 Å². The van der Waals surface area contributed by atoms with Crippen LogP contribution in [0.3, 0.4) is 0 Å². The number of nitrogens with one attached hydrogen (secondary N) is 1. The number of anilines is 1. The number of nitrogens with zero attached hydrogens (tertiary/aromatic N) is 1. The number of carbonyl (C=O) groups excluding carboxylic acids is 2. The Kier molecular flexibility index (Phi) is 7.91. The first-order chi connectivity index (χ1) is 9.32. The van der Waals surface area contributed by atoms with Crippen molar-refractivity contribution in [2.75, 3.05) is 18.5 Å². The van der Waals surface area contributed by atoms with E-state index in [4.69, 9.17) is 5.73 Å². The average molecular weight is 318 g/mol. The molecule has 118 valence electrons. The van der Waals surface area contributed by atoms with E-state index in [9.17, 15) is 14.0 Å². The summed E-state index contributed by atoms with van der Waals surface area (Å²) in [6, 6.07) is 4.89. The topological polar surface area (TPSA) is 75.4 Å². The summed E-state index contributed by atoms with van der Waals surface area (Å²) in [6.45, 7) is 3.51. The first kappa shape index (κ1) is 19.3. The second-order valence-corrected chi connectivity index (χ2v) is 4.92. The molecule has 0 heterocycles. The summed E-state index contributed by atoms with van der Waals surface area (Å²) in [5.74, 6) is -1.03. The Morgan fingerprint density at radius 2 is 1.81 bits per heavy atom. The van der Waals surface area contributed by atoms with Crippen LogP contribution in [0.2, 0.25) is 0 Å². The Morgan fingerprint density at radius 1 is 1.29 bits per heavy atom. The van der Waals surface area contributed by atoms with E-state index in [2.05, 4.69) is 5.32 Å². The Labute approximate surface area is 130 Å². The molecule has 1 aromatic carbocycles. The van der Waals surface area contributed by atoms with Crippen LogP contribution in [0, 0.1) is 11.7 Å². The minimum atomic E-state index is -0.640. The molecule has 5 nitrogen and oxygen atoms in total. The van der Waals surface area contributed by atoms with Crippen LogP contribution in [-0.4, -0.2) is 31.4 Å². The third-order valence-corrected chi connectivity index (χ3v) is 3.02. The smallest absolute Gasteiger partial charge is 0.246 e. The lowest BCUT2D eigenvalue weighted by molar-refractivity contribution is -0.126. The van der Waals surface area contributed by atoms with E-state index in [-0.39, 0.29) is 42.5 Å². The molecule has 0 fully saturated rings. The second-order valence-electron chi connectivity index (χ2n) is 4.92. The number of carbonyl (C=O) groups is 2. The maximum absolute atomic E-state index is 12.8. The zero-order valence-electron chi connectivity index (χ0n) is 12.3. The molecule has 0 unspecified atom stereocenters. The Morgan fingerprint density at radius 3 is 2.29 bits per heavy atom. The lowest BCUT2D eigenvalue weighted by atomic mass is 10.1. The molecule has 0 aliphatic heterocycles. The molecular weight excluding hydrogens is 297 g/mol. The van der Waals surface area contributed by atoms with Crippen molar-refractivity contribution in [3.8, 4) is 0 Å². The van der Waals surface area contributed by atoms with Gasteiger partial charge in [-0.1, -0.05) is 13.8 Å². The predicted molar refractivity (Wildman–Crippen MR) is 82.9 cm³/mol. The number of likely N-dealkylation sites (N-methyl/N-ethyl adjacent to an activating group) is 1. The average Bonchev–Trinajstić information content (AvgIpc) is 2.43. The van der Waals surface area contributed by atoms with E-state index in [1.54, 1.807) is 7.05 Å². The summed E-state index contributed by atoms with van der Waals surface area (Å²) in [5.41, 5.74) is 6.23. The fourth-order valence-corrected chi connectivity index (χ4v) is 1.51. The standard InChI is InChI=1S/C14H20FN3O2.ClH/c1-9(2)13(16)14(20)17-8-12(19)18(3)11-6-4-10(15)5-7-11;/h4-7,9,13H,8,16H2,1-3H3,(H,17,20);1H/t13-;/m0./s1. The fraction of sp³-hybridized carbons (Fsp3) is 0.429. The lowest BCUT2D eigenvalue weighted by Crippen LogP contribution is -2.47. The van der Waals surface area contributed by atoms with E-state index in [0.717, 1.165) is 0 Å². The summed E-state index contributed by atoms with van der Waals surface area (Å²) in [4.78, 5) is 24.9. The maximum atomic E-state index is 12.8. The number of rotatable bonds is 5. The Balaban J connectivity index is 0.00000400. The Hall–Kier alpha value is -1.66. The zero-order valence-corrected chi connectivity index (χ0v) is 13.1. The second kappa shape index (κ2) is 8.59. The molecule has 0 aliphatic carbocycles. The van der Waals surface area contributed by atoms with Crippen molar-refractivity contribution in [2.24, 2.45) is 11.7 Å². The van der Waals surface area contributed by atoms with Crippen LogP contribution < -0.4 is 16.0 Å². The van der Waals surface area contributed by atoms with Gasteiger partial charge >= 0.3 is 0 Å². The highest BCUT2D eigenvalue weighted by atomic mass is 35.5. The van der Waals surface area contributed by atoms with E-state index >= 15 is 0 Å². The number of nitrogens with two attached hydrogens (primary N) is 1. The molecule has 0 aromatic heterocycles. The molecule has 2 amide bonds. The SMILES string of the molecule is CC(C)[C@H](N)C(=O)NCC(=O)N(C)c1ccc(F)cc1.Cl.